The molecule has 0 fully saturated rings. The number of thiazole rings is 1. The third-order valence-electron chi connectivity index (χ3n) is 5.66. The summed E-state index contributed by atoms with van der Waals surface area (Å²) in [7, 11) is 6.75. The van der Waals surface area contributed by atoms with Crippen LogP contribution in [0.1, 0.15) is 24.1 Å². The molecule has 0 unspecified atom stereocenters. The maximum atomic E-state index is 13.7. The van der Waals surface area contributed by atoms with Crippen LogP contribution >= 0.6 is 38.9 Å². The van der Waals surface area contributed by atoms with Gasteiger partial charge in [-0.3, -0.25) is 9.36 Å². The summed E-state index contributed by atoms with van der Waals surface area (Å²) in [5, 5.41) is 0.452. The number of carbonyl (C=O) groups excluding carboxylic acids is 1. The van der Waals surface area contributed by atoms with Crippen molar-refractivity contribution in [3.8, 4) is 5.75 Å². The predicted octanol–water partition coefficient (Wildman–Crippen LogP) is 3.90. The number of hydrogen-bond acceptors (Lipinski definition) is 7. The van der Waals surface area contributed by atoms with E-state index in [2.05, 4.69) is 20.9 Å². The van der Waals surface area contributed by atoms with Gasteiger partial charge in [-0.15, -0.1) is 0 Å². The zero-order valence-corrected chi connectivity index (χ0v) is 22.9. The highest BCUT2D eigenvalue weighted by Gasteiger charge is 2.35. The Labute approximate surface area is 219 Å². The van der Waals surface area contributed by atoms with E-state index >= 15 is 0 Å². The molecule has 1 aliphatic heterocycles. The molecule has 0 N–H and O–H groups in total. The lowest BCUT2D eigenvalue weighted by Crippen LogP contribution is -2.40. The molecule has 35 heavy (non-hydrogen) atoms. The Balaban J connectivity index is 1.98. The molecular weight excluding hydrogens is 554 g/mol. The summed E-state index contributed by atoms with van der Waals surface area (Å²) in [6.07, 6.45) is 1.82. The normalized spacial score (nSPS) is 15.5. The van der Waals surface area contributed by atoms with Gasteiger partial charge in [0.2, 0.25) is 0 Å². The van der Waals surface area contributed by atoms with Crippen LogP contribution < -0.4 is 24.5 Å². The van der Waals surface area contributed by atoms with E-state index in [1.165, 1.54) is 30.1 Å². The van der Waals surface area contributed by atoms with Crippen LogP contribution in [0.25, 0.3) is 6.08 Å². The fourth-order valence-corrected chi connectivity index (χ4v) is 6.01. The van der Waals surface area contributed by atoms with Crippen LogP contribution in [0.15, 0.2) is 61.9 Å². The van der Waals surface area contributed by atoms with Gasteiger partial charge in [-0.05, 0) is 64.8 Å². The molecule has 1 aromatic heterocycles. The summed E-state index contributed by atoms with van der Waals surface area (Å²) in [5.74, 6) is -0.0796. The number of hydrogen-bond donors (Lipinski definition) is 0. The largest absolute Gasteiger partial charge is 0.496 e. The number of allylic oxidation sites excluding steroid dienone is 1. The molecule has 0 bridgehead atoms. The number of aromatic nitrogens is 1. The molecule has 0 aliphatic carbocycles. The number of carbonyl (C=O) groups is 1. The van der Waals surface area contributed by atoms with Crippen molar-refractivity contribution in [3.05, 3.63) is 88.0 Å². The molecule has 10 heteroatoms. The van der Waals surface area contributed by atoms with Crippen molar-refractivity contribution in [2.24, 2.45) is 4.99 Å². The van der Waals surface area contributed by atoms with Gasteiger partial charge in [0.1, 0.15) is 11.8 Å². The number of ether oxygens (including phenoxy) is 2. The number of esters is 1. The minimum atomic E-state index is -0.808. The van der Waals surface area contributed by atoms with Gasteiger partial charge < -0.3 is 14.4 Å². The molecule has 4 rings (SSSR count). The van der Waals surface area contributed by atoms with Gasteiger partial charge in [0, 0.05) is 29.2 Å². The molecule has 0 saturated carbocycles. The minimum Gasteiger partial charge on any atom is -0.496 e. The molecule has 0 saturated heterocycles. The lowest BCUT2D eigenvalue weighted by molar-refractivity contribution is -0.136. The predicted molar refractivity (Wildman–Crippen MR) is 142 cm³/mol. The van der Waals surface area contributed by atoms with E-state index in [1.807, 2.05) is 43.3 Å². The van der Waals surface area contributed by atoms with Crippen molar-refractivity contribution >= 4 is 56.6 Å². The first kappa shape index (κ1) is 25.2. The second-order valence-corrected chi connectivity index (χ2v) is 10.4. The Morgan fingerprint density at radius 2 is 1.97 bits per heavy atom. The second kappa shape index (κ2) is 10.0. The van der Waals surface area contributed by atoms with E-state index in [4.69, 9.17) is 21.1 Å². The lowest BCUT2D eigenvalue weighted by atomic mass is 9.95. The molecule has 0 radical (unpaired) electrons. The number of methoxy groups -OCH3 is 2. The molecule has 182 valence electrons. The Morgan fingerprint density at radius 3 is 2.60 bits per heavy atom. The first-order valence-electron chi connectivity index (χ1n) is 10.6. The third kappa shape index (κ3) is 4.68. The number of benzene rings is 2. The molecule has 2 aromatic carbocycles. The van der Waals surface area contributed by atoms with Crippen LogP contribution in [0, 0.1) is 0 Å². The molecule has 7 nitrogen and oxygen atoms in total. The summed E-state index contributed by atoms with van der Waals surface area (Å²) in [6, 6.07) is 10.2. The first-order valence-corrected chi connectivity index (χ1v) is 12.6. The maximum Gasteiger partial charge on any atom is 0.338 e. The monoisotopic (exact) mass is 575 g/mol. The SMILES string of the molecule is COC(=O)C1=C(C)N=c2s/c(=C\c3ccc(N(C)C)c(Br)c3)c(=O)n2[C@@H]1c1cc(Cl)ccc1OC. The summed E-state index contributed by atoms with van der Waals surface area (Å²) in [6.45, 7) is 1.73. The van der Waals surface area contributed by atoms with Crippen molar-refractivity contribution in [2.75, 3.05) is 33.2 Å². The zero-order chi connectivity index (χ0) is 25.4. The van der Waals surface area contributed by atoms with E-state index in [-0.39, 0.29) is 11.1 Å². The van der Waals surface area contributed by atoms with Crippen LogP contribution in [-0.4, -0.2) is 38.9 Å². The van der Waals surface area contributed by atoms with Gasteiger partial charge >= 0.3 is 5.97 Å². The topological polar surface area (TPSA) is 73.1 Å². The highest BCUT2D eigenvalue weighted by molar-refractivity contribution is 9.10. The summed E-state index contributed by atoms with van der Waals surface area (Å²) in [4.78, 5) is 33.6. The van der Waals surface area contributed by atoms with Crippen molar-refractivity contribution < 1.29 is 14.3 Å². The van der Waals surface area contributed by atoms with Gasteiger partial charge in [0.15, 0.2) is 4.80 Å². The fourth-order valence-electron chi connectivity index (χ4n) is 4.03. The number of halogens is 2. The van der Waals surface area contributed by atoms with E-state index in [0.29, 0.717) is 31.4 Å². The molecule has 1 atom stereocenters. The van der Waals surface area contributed by atoms with Gasteiger partial charge in [0.25, 0.3) is 5.56 Å². The Kier molecular flexibility index (Phi) is 7.21. The fraction of sp³-hybridized carbons (Fsp3) is 0.240. The number of anilines is 1. The Bertz CT molecular complexity index is 1540. The molecule has 2 heterocycles. The van der Waals surface area contributed by atoms with Crippen molar-refractivity contribution in [1.82, 2.24) is 4.57 Å². The van der Waals surface area contributed by atoms with Crippen molar-refractivity contribution in [2.45, 2.75) is 13.0 Å². The van der Waals surface area contributed by atoms with Crippen LogP contribution in [0.3, 0.4) is 0 Å². The third-order valence-corrected chi connectivity index (χ3v) is 7.52. The van der Waals surface area contributed by atoms with Gasteiger partial charge in [-0.1, -0.05) is 29.0 Å². The summed E-state index contributed by atoms with van der Waals surface area (Å²) in [5.41, 5.74) is 2.89. The van der Waals surface area contributed by atoms with E-state index in [1.54, 1.807) is 25.1 Å². The molecular formula is C25H23BrClN3O4S. The highest BCUT2D eigenvalue weighted by atomic mass is 79.9. The smallest absolute Gasteiger partial charge is 0.338 e. The molecule has 3 aromatic rings. The van der Waals surface area contributed by atoms with Crippen LogP contribution in [0.5, 0.6) is 5.75 Å². The molecule has 0 spiro atoms. The minimum absolute atomic E-state index is 0.255. The number of rotatable bonds is 5. The number of fused-ring (bicyclic) bond motifs is 1. The summed E-state index contributed by atoms with van der Waals surface area (Å²) >= 11 is 11.2. The van der Waals surface area contributed by atoms with Gasteiger partial charge in [0.05, 0.1) is 35.7 Å². The standard InChI is InChI=1S/C25H23BrClN3O4S/c1-13-21(24(32)34-5)22(16-12-15(27)7-9-19(16)33-4)30-23(31)20(35-25(30)28-13)11-14-6-8-18(29(2)3)17(26)10-14/h6-12,22H,1-5H3/b20-11-/t22-/m1/s1. The average Bonchev–Trinajstić information content (AvgIpc) is 3.11. The Hall–Kier alpha value is -2.88. The van der Waals surface area contributed by atoms with E-state index in [0.717, 1.165) is 15.7 Å². The quantitative estimate of drug-likeness (QED) is 0.431. The average molecular weight is 577 g/mol. The lowest BCUT2D eigenvalue weighted by Gasteiger charge is -2.25. The first-order chi connectivity index (χ1) is 16.7. The van der Waals surface area contributed by atoms with Crippen molar-refractivity contribution in [3.63, 3.8) is 0 Å². The zero-order valence-electron chi connectivity index (χ0n) is 19.8. The highest BCUT2D eigenvalue weighted by Crippen LogP contribution is 2.37. The van der Waals surface area contributed by atoms with Crippen LogP contribution in [0.4, 0.5) is 5.69 Å². The summed E-state index contributed by atoms with van der Waals surface area (Å²) < 4.78 is 13.5. The van der Waals surface area contributed by atoms with Gasteiger partial charge in [-0.25, -0.2) is 9.79 Å². The second-order valence-electron chi connectivity index (χ2n) is 8.06. The van der Waals surface area contributed by atoms with E-state index < -0.39 is 12.0 Å². The van der Waals surface area contributed by atoms with Crippen LogP contribution in [-0.2, 0) is 9.53 Å². The van der Waals surface area contributed by atoms with E-state index in [9.17, 15) is 9.59 Å². The maximum absolute atomic E-state index is 13.7. The number of nitrogens with zero attached hydrogens (tertiary/aromatic N) is 3. The van der Waals surface area contributed by atoms with Gasteiger partial charge in [-0.2, -0.15) is 0 Å². The van der Waals surface area contributed by atoms with Crippen molar-refractivity contribution in [1.29, 1.82) is 0 Å². The molecule has 0 amide bonds. The van der Waals surface area contributed by atoms with Crippen LogP contribution in [0.2, 0.25) is 5.02 Å². The Morgan fingerprint density at radius 1 is 1.23 bits per heavy atom. The molecule has 1 aliphatic rings.